The maximum atomic E-state index is 15.0. The third-order valence-corrected chi connectivity index (χ3v) is 6.33. The molecule has 3 aromatic rings. The Morgan fingerprint density at radius 1 is 0.844 bits per heavy atom. The van der Waals surface area contributed by atoms with E-state index >= 15 is 0 Å². The number of allylic oxidation sites excluding steroid dienone is 2. The van der Waals surface area contributed by atoms with Crippen molar-refractivity contribution in [3.63, 3.8) is 0 Å². The van der Waals surface area contributed by atoms with Crippen LogP contribution in [0.1, 0.15) is 44.6 Å². The number of hydrogen-bond acceptors (Lipinski definition) is 1. The summed E-state index contributed by atoms with van der Waals surface area (Å²) in [6.45, 7) is 2.21. The SMILES string of the molecule is CCCC1CC=C(c2ccc(-c3ccc(-c4ccc(OC)c(F)c4F)cc3)c(F)c2)CC1. The Balaban J connectivity index is 1.56. The molecule has 0 amide bonds. The van der Waals surface area contributed by atoms with Crippen LogP contribution in [-0.4, -0.2) is 7.11 Å². The van der Waals surface area contributed by atoms with Crippen LogP contribution in [0.5, 0.6) is 5.75 Å². The van der Waals surface area contributed by atoms with Crippen molar-refractivity contribution in [2.45, 2.75) is 39.0 Å². The van der Waals surface area contributed by atoms with Crippen molar-refractivity contribution in [3.05, 3.63) is 83.7 Å². The summed E-state index contributed by atoms with van der Waals surface area (Å²) in [5, 5.41) is 0. The molecule has 0 spiro atoms. The largest absolute Gasteiger partial charge is 0.494 e. The van der Waals surface area contributed by atoms with E-state index in [0.717, 1.165) is 30.7 Å². The van der Waals surface area contributed by atoms with Crippen molar-refractivity contribution in [3.8, 4) is 28.0 Å². The van der Waals surface area contributed by atoms with Crippen LogP contribution in [-0.2, 0) is 0 Å². The van der Waals surface area contributed by atoms with E-state index < -0.39 is 11.6 Å². The fourth-order valence-electron chi connectivity index (χ4n) is 4.51. The highest BCUT2D eigenvalue weighted by atomic mass is 19.2. The lowest BCUT2D eigenvalue weighted by Crippen LogP contribution is -2.05. The second-order valence-corrected chi connectivity index (χ2v) is 8.37. The van der Waals surface area contributed by atoms with Crippen LogP contribution in [0.15, 0.2) is 60.7 Å². The summed E-state index contributed by atoms with van der Waals surface area (Å²) in [5.74, 6) is -1.66. The average molecular weight is 437 g/mol. The van der Waals surface area contributed by atoms with Gasteiger partial charge in [-0.2, -0.15) is 4.39 Å². The minimum atomic E-state index is -1.02. The van der Waals surface area contributed by atoms with E-state index in [1.807, 2.05) is 6.07 Å². The summed E-state index contributed by atoms with van der Waals surface area (Å²) in [6.07, 6.45) is 7.93. The maximum absolute atomic E-state index is 15.0. The van der Waals surface area contributed by atoms with Gasteiger partial charge in [0.1, 0.15) is 5.82 Å². The number of benzene rings is 3. The zero-order chi connectivity index (χ0) is 22.7. The second kappa shape index (κ2) is 9.64. The van der Waals surface area contributed by atoms with Crippen molar-refractivity contribution in [2.75, 3.05) is 7.11 Å². The lowest BCUT2D eigenvalue weighted by molar-refractivity contribution is 0.372. The van der Waals surface area contributed by atoms with Crippen LogP contribution in [0.25, 0.3) is 27.8 Å². The van der Waals surface area contributed by atoms with Gasteiger partial charge in [0.25, 0.3) is 0 Å². The zero-order valence-corrected chi connectivity index (χ0v) is 18.4. The molecule has 0 saturated carbocycles. The Hall–Kier alpha value is -3.01. The van der Waals surface area contributed by atoms with Gasteiger partial charge in [-0.15, -0.1) is 0 Å². The average Bonchev–Trinajstić information content (AvgIpc) is 2.82. The maximum Gasteiger partial charge on any atom is 0.201 e. The fraction of sp³-hybridized carbons (Fsp3) is 0.286. The van der Waals surface area contributed by atoms with Crippen molar-refractivity contribution >= 4 is 5.57 Å². The molecule has 0 heterocycles. The minimum absolute atomic E-state index is 0.135. The van der Waals surface area contributed by atoms with Gasteiger partial charge in [-0.1, -0.05) is 62.2 Å². The Bertz CT molecular complexity index is 1130. The molecule has 4 heteroatoms. The van der Waals surface area contributed by atoms with Gasteiger partial charge >= 0.3 is 0 Å². The lowest BCUT2D eigenvalue weighted by atomic mass is 9.84. The quantitative estimate of drug-likeness (QED) is 0.377. The molecule has 1 atom stereocenters. The zero-order valence-electron chi connectivity index (χ0n) is 18.4. The van der Waals surface area contributed by atoms with Crippen molar-refractivity contribution < 1.29 is 17.9 Å². The number of ether oxygens (including phenoxy) is 1. The lowest BCUT2D eigenvalue weighted by Gasteiger charge is -2.22. The van der Waals surface area contributed by atoms with Gasteiger partial charge in [-0.3, -0.25) is 0 Å². The van der Waals surface area contributed by atoms with Crippen LogP contribution in [0.2, 0.25) is 0 Å². The van der Waals surface area contributed by atoms with Gasteiger partial charge in [0.15, 0.2) is 11.6 Å². The monoisotopic (exact) mass is 436 g/mol. The first-order chi connectivity index (χ1) is 15.5. The number of hydrogen-bond donors (Lipinski definition) is 0. The molecule has 1 aliphatic rings. The Morgan fingerprint density at radius 3 is 2.09 bits per heavy atom. The molecule has 0 N–H and O–H groups in total. The molecule has 1 aliphatic carbocycles. The summed E-state index contributed by atoms with van der Waals surface area (Å²) in [5.41, 5.74) is 3.98. The molecule has 4 rings (SSSR count). The molecule has 0 fully saturated rings. The number of rotatable bonds is 6. The molecule has 166 valence electrons. The van der Waals surface area contributed by atoms with Gasteiger partial charge in [-0.05, 0) is 65.6 Å². The van der Waals surface area contributed by atoms with Gasteiger partial charge < -0.3 is 4.74 Å². The molecule has 32 heavy (non-hydrogen) atoms. The molecule has 1 unspecified atom stereocenters. The summed E-state index contributed by atoms with van der Waals surface area (Å²) in [6, 6.07) is 15.0. The second-order valence-electron chi connectivity index (χ2n) is 8.37. The fourth-order valence-corrected chi connectivity index (χ4v) is 4.51. The van der Waals surface area contributed by atoms with Gasteiger partial charge in [-0.25, -0.2) is 8.78 Å². The van der Waals surface area contributed by atoms with E-state index in [-0.39, 0.29) is 17.1 Å². The highest BCUT2D eigenvalue weighted by Gasteiger charge is 2.17. The standard InChI is InChI=1S/C28H27F3O/c1-3-4-18-5-7-19(8-6-18)22-13-14-23(25(29)17-22)20-9-11-21(12-10-20)24-15-16-26(32-2)28(31)27(24)30/h7,9-18H,3-6,8H2,1-2H3. The highest BCUT2D eigenvalue weighted by molar-refractivity contribution is 5.74. The predicted molar refractivity (Wildman–Crippen MR) is 124 cm³/mol. The first kappa shape index (κ1) is 22.2. The highest BCUT2D eigenvalue weighted by Crippen LogP contribution is 2.35. The number of methoxy groups -OCH3 is 1. The number of halogens is 3. The summed E-state index contributed by atoms with van der Waals surface area (Å²) >= 11 is 0. The van der Waals surface area contributed by atoms with Crippen LogP contribution >= 0.6 is 0 Å². The summed E-state index contributed by atoms with van der Waals surface area (Å²) in [4.78, 5) is 0. The summed E-state index contributed by atoms with van der Waals surface area (Å²) in [7, 11) is 1.29. The molecule has 1 nitrogen and oxygen atoms in total. The first-order valence-electron chi connectivity index (χ1n) is 11.1. The molecule has 0 aromatic heterocycles. The third-order valence-electron chi connectivity index (χ3n) is 6.33. The minimum Gasteiger partial charge on any atom is -0.494 e. The molecular formula is C28H27F3O. The Kier molecular flexibility index (Phi) is 6.69. The Labute approximate surface area is 187 Å². The van der Waals surface area contributed by atoms with Crippen LogP contribution < -0.4 is 4.74 Å². The van der Waals surface area contributed by atoms with E-state index in [4.69, 9.17) is 4.74 Å². The first-order valence-corrected chi connectivity index (χ1v) is 11.1. The van der Waals surface area contributed by atoms with E-state index in [0.29, 0.717) is 16.7 Å². The van der Waals surface area contributed by atoms with Crippen LogP contribution in [0.3, 0.4) is 0 Å². The normalized spacial score (nSPS) is 16.0. The van der Waals surface area contributed by atoms with Crippen molar-refractivity contribution in [1.82, 2.24) is 0 Å². The van der Waals surface area contributed by atoms with E-state index in [1.54, 1.807) is 36.4 Å². The molecule has 0 bridgehead atoms. The van der Waals surface area contributed by atoms with E-state index in [9.17, 15) is 13.2 Å². The van der Waals surface area contributed by atoms with Crippen LogP contribution in [0.4, 0.5) is 13.2 Å². The molecular weight excluding hydrogens is 409 g/mol. The topological polar surface area (TPSA) is 9.23 Å². The van der Waals surface area contributed by atoms with E-state index in [1.165, 1.54) is 37.7 Å². The molecule has 0 radical (unpaired) electrons. The van der Waals surface area contributed by atoms with Crippen molar-refractivity contribution in [1.29, 1.82) is 0 Å². The van der Waals surface area contributed by atoms with E-state index in [2.05, 4.69) is 13.0 Å². The van der Waals surface area contributed by atoms with Gasteiger partial charge in [0.2, 0.25) is 5.82 Å². The summed E-state index contributed by atoms with van der Waals surface area (Å²) < 4.78 is 48.2. The predicted octanol–water partition coefficient (Wildman–Crippen LogP) is 8.43. The third kappa shape index (κ3) is 4.45. The molecule has 0 aliphatic heterocycles. The smallest absolute Gasteiger partial charge is 0.201 e. The molecule has 3 aromatic carbocycles. The van der Waals surface area contributed by atoms with Crippen molar-refractivity contribution in [2.24, 2.45) is 5.92 Å². The molecule has 0 saturated heterocycles. The van der Waals surface area contributed by atoms with Gasteiger partial charge in [0, 0.05) is 11.1 Å². The van der Waals surface area contributed by atoms with Crippen LogP contribution in [0, 0.1) is 23.4 Å². The van der Waals surface area contributed by atoms with Gasteiger partial charge in [0.05, 0.1) is 7.11 Å². The Morgan fingerprint density at radius 2 is 1.50 bits per heavy atom.